The molecule has 1 aromatic rings. The van der Waals surface area contributed by atoms with E-state index in [9.17, 15) is 4.79 Å². The summed E-state index contributed by atoms with van der Waals surface area (Å²) in [5.41, 5.74) is -0.523. The van der Waals surface area contributed by atoms with Crippen LogP contribution < -0.4 is 5.56 Å². The molecule has 0 aliphatic rings. The Hall–Kier alpha value is -1.23. The van der Waals surface area contributed by atoms with E-state index < -0.39 is 12.2 Å². The zero-order chi connectivity index (χ0) is 6.85. The lowest BCUT2D eigenvalue weighted by atomic mass is 10.4. The topological polar surface area (TPSA) is 89.1 Å². The van der Waals surface area contributed by atoms with Crippen LogP contribution in [0.15, 0.2) is 4.79 Å². The summed E-state index contributed by atoms with van der Waals surface area (Å²) in [5.74, 6) is -0.303. The molecule has 0 unspecified atom stereocenters. The Kier molecular flexibility index (Phi) is 1.27. The molecular formula is C4H6N2O3. The average molecular weight is 130 g/mol. The maximum Gasteiger partial charge on any atom is 0.273 e. The summed E-state index contributed by atoms with van der Waals surface area (Å²) in [6.45, 7) is -0.454. The van der Waals surface area contributed by atoms with Crippen molar-refractivity contribution < 1.29 is 10.2 Å². The number of aromatic nitrogens is 2. The SMILES string of the molecule is O=c1[nH][nH]c(O)c1CO. The number of nitrogens with one attached hydrogen (secondary N) is 2. The van der Waals surface area contributed by atoms with Crippen LogP contribution in [0.5, 0.6) is 5.88 Å². The van der Waals surface area contributed by atoms with Gasteiger partial charge in [0.05, 0.1) is 6.61 Å². The third kappa shape index (κ3) is 0.812. The second-order valence-corrected chi connectivity index (χ2v) is 1.56. The van der Waals surface area contributed by atoms with Gasteiger partial charge in [0.1, 0.15) is 5.56 Å². The molecule has 1 heterocycles. The van der Waals surface area contributed by atoms with Gasteiger partial charge in [0.15, 0.2) is 0 Å². The van der Waals surface area contributed by atoms with E-state index in [1.807, 2.05) is 0 Å². The number of aromatic hydroxyl groups is 1. The highest BCUT2D eigenvalue weighted by molar-refractivity contribution is 5.19. The van der Waals surface area contributed by atoms with Crippen molar-refractivity contribution in [1.29, 1.82) is 0 Å². The Morgan fingerprint density at radius 3 is 2.33 bits per heavy atom. The van der Waals surface area contributed by atoms with E-state index in [4.69, 9.17) is 10.2 Å². The first-order chi connectivity index (χ1) is 4.25. The number of aromatic amines is 2. The molecule has 0 spiro atoms. The molecule has 0 saturated heterocycles. The van der Waals surface area contributed by atoms with E-state index in [1.54, 1.807) is 0 Å². The van der Waals surface area contributed by atoms with Crippen LogP contribution in [0.3, 0.4) is 0 Å². The van der Waals surface area contributed by atoms with Crippen LogP contribution in [0.4, 0.5) is 0 Å². The molecular weight excluding hydrogens is 124 g/mol. The molecule has 0 amide bonds. The van der Waals surface area contributed by atoms with E-state index in [0.717, 1.165) is 0 Å². The summed E-state index contributed by atoms with van der Waals surface area (Å²) in [7, 11) is 0. The van der Waals surface area contributed by atoms with Crippen molar-refractivity contribution in [2.75, 3.05) is 0 Å². The largest absolute Gasteiger partial charge is 0.493 e. The molecule has 4 N–H and O–H groups in total. The summed E-state index contributed by atoms with van der Waals surface area (Å²) in [6, 6.07) is 0. The minimum atomic E-state index is -0.491. The molecule has 5 heteroatoms. The van der Waals surface area contributed by atoms with Crippen LogP contribution in [-0.2, 0) is 6.61 Å². The Bertz CT molecular complexity index is 249. The molecule has 9 heavy (non-hydrogen) atoms. The summed E-state index contributed by atoms with van der Waals surface area (Å²) in [6.07, 6.45) is 0. The van der Waals surface area contributed by atoms with Gasteiger partial charge >= 0.3 is 0 Å². The van der Waals surface area contributed by atoms with Gasteiger partial charge in [-0.25, -0.2) is 0 Å². The highest BCUT2D eigenvalue weighted by Gasteiger charge is 2.04. The Morgan fingerprint density at radius 2 is 2.11 bits per heavy atom. The van der Waals surface area contributed by atoms with Gasteiger partial charge in [-0.05, 0) is 0 Å². The minimum absolute atomic E-state index is 0.0324. The summed E-state index contributed by atoms with van der Waals surface area (Å²) in [5, 5.41) is 21.3. The summed E-state index contributed by atoms with van der Waals surface area (Å²) in [4.78, 5) is 10.5. The standard InChI is InChI=1S/C4H6N2O3/c7-1-2-3(8)5-6-4(2)9/h7H,1H2,(H3,5,6,8,9). The first-order valence-electron chi connectivity index (χ1n) is 2.35. The summed E-state index contributed by atoms with van der Waals surface area (Å²) >= 11 is 0. The fourth-order valence-corrected chi connectivity index (χ4v) is 0.521. The van der Waals surface area contributed by atoms with Crippen LogP contribution in [0.1, 0.15) is 5.56 Å². The number of hydrogen-bond acceptors (Lipinski definition) is 3. The van der Waals surface area contributed by atoms with E-state index >= 15 is 0 Å². The van der Waals surface area contributed by atoms with Gasteiger partial charge in [-0.3, -0.25) is 15.0 Å². The number of aliphatic hydroxyl groups excluding tert-OH is 1. The highest BCUT2D eigenvalue weighted by Crippen LogP contribution is 2.04. The number of H-pyrrole nitrogens is 2. The van der Waals surface area contributed by atoms with Gasteiger partial charge in [-0.15, -0.1) is 0 Å². The second kappa shape index (κ2) is 1.94. The van der Waals surface area contributed by atoms with Crippen LogP contribution in [0, 0.1) is 0 Å². The first kappa shape index (κ1) is 5.90. The first-order valence-corrected chi connectivity index (χ1v) is 2.35. The van der Waals surface area contributed by atoms with Gasteiger partial charge in [0.2, 0.25) is 5.88 Å². The molecule has 1 rings (SSSR count). The lowest BCUT2D eigenvalue weighted by Gasteiger charge is -1.84. The fraction of sp³-hybridized carbons (Fsp3) is 0.250. The van der Waals surface area contributed by atoms with Gasteiger partial charge in [-0.2, -0.15) is 0 Å². The Labute approximate surface area is 49.9 Å². The lowest BCUT2D eigenvalue weighted by molar-refractivity contribution is 0.274. The third-order valence-corrected chi connectivity index (χ3v) is 1.01. The average Bonchev–Trinajstić information content (AvgIpc) is 2.12. The quantitative estimate of drug-likeness (QED) is 0.389. The van der Waals surface area contributed by atoms with Crippen molar-refractivity contribution in [2.24, 2.45) is 0 Å². The van der Waals surface area contributed by atoms with Crippen molar-refractivity contribution in [2.45, 2.75) is 6.61 Å². The van der Waals surface area contributed by atoms with Crippen LogP contribution >= 0.6 is 0 Å². The van der Waals surface area contributed by atoms with E-state index in [2.05, 4.69) is 10.2 Å². The van der Waals surface area contributed by atoms with E-state index in [1.165, 1.54) is 0 Å². The smallest absolute Gasteiger partial charge is 0.273 e. The molecule has 0 aromatic carbocycles. The molecule has 5 nitrogen and oxygen atoms in total. The molecule has 0 fully saturated rings. The number of hydrogen-bond donors (Lipinski definition) is 4. The highest BCUT2D eigenvalue weighted by atomic mass is 16.3. The maximum absolute atomic E-state index is 10.5. The molecule has 0 radical (unpaired) electrons. The molecule has 0 aliphatic carbocycles. The minimum Gasteiger partial charge on any atom is -0.493 e. The van der Waals surface area contributed by atoms with Crippen molar-refractivity contribution in [3.8, 4) is 5.88 Å². The van der Waals surface area contributed by atoms with Crippen LogP contribution in [0.2, 0.25) is 0 Å². The molecule has 0 aliphatic heterocycles. The van der Waals surface area contributed by atoms with Gasteiger partial charge < -0.3 is 10.2 Å². The fourth-order valence-electron chi connectivity index (χ4n) is 0.521. The predicted molar refractivity (Wildman–Crippen MR) is 29.0 cm³/mol. The van der Waals surface area contributed by atoms with Crippen molar-refractivity contribution in [1.82, 2.24) is 10.2 Å². The van der Waals surface area contributed by atoms with Gasteiger partial charge in [-0.1, -0.05) is 0 Å². The Balaban J connectivity index is 3.23. The summed E-state index contributed by atoms with van der Waals surface area (Å²) < 4.78 is 0. The molecule has 50 valence electrons. The molecule has 0 saturated carbocycles. The molecule has 0 atom stereocenters. The molecule has 0 bridgehead atoms. The third-order valence-electron chi connectivity index (χ3n) is 1.01. The van der Waals surface area contributed by atoms with Crippen LogP contribution in [0.25, 0.3) is 0 Å². The van der Waals surface area contributed by atoms with E-state index in [0.29, 0.717) is 0 Å². The van der Waals surface area contributed by atoms with Gasteiger partial charge in [0.25, 0.3) is 5.56 Å². The van der Waals surface area contributed by atoms with E-state index in [-0.39, 0.29) is 11.4 Å². The van der Waals surface area contributed by atoms with Crippen molar-refractivity contribution in [3.05, 3.63) is 15.9 Å². The Morgan fingerprint density at radius 1 is 1.44 bits per heavy atom. The zero-order valence-electron chi connectivity index (χ0n) is 4.51. The van der Waals surface area contributed by atoms with Crippen LogP contribution in [-0.4, -0.2) is 20.4 Å². The molecule has 1 aromatic heterocycles. The zero-order valence-corrected chi connectivity index (χ0v) is 4.51. The number of aliphatic hydroxyl groups is 1. The van der Waals surface area contributed by atoms with Crippen molar-refractivity contribution in [3.63, 3.8) is 0 Å². The van der Waals surface area contributed by atoms with Gasteiger partial charge in [0, 0.05) is 0 Å². The second-order valence-electron chi connectivity index (χ2n) is 1.56. The normalized spacial score (nSPS) is 9.89. The predicted octanol–water partition coefficient (Wildman–Crippen LogP) is -1.10. The monoisotopic (exact) mass is 130 g/mol. The number of rotatable bonds is 1. The lowest BCUT2D eigenvalue weighted by Crippen LogP contribution is -2.04. The van der Waals surface area contributed by atoms with Crippen molar-refractivity contribution >= 4 is 0 Å². The maximum atomic E-state index is 10.5.